The van der Waals surface area contributed by atoms with Gasteiger partial charge in [-0.2, -0.15) is 0 Å². The van der Waals surface area contributed by atoms with Crippen molar-refractivity contribution < 1.29 is 9.53 Å². The van der Waals surface area contributed by atoms with Crippen LogP contribution in [0.2, 0.25) is 0 Å². The molecule has 0 atom stereocenters. The van der Waals surface area contributed by atoms with Crippen LogP contribution in [-0.2, 0) is 9.53 Å². The second-order valence-corrected chi connectivity index (χ2v) is 3.34. The van der Waals surface area contributed by atoms with E-state index in [1.54, 1.807) is 6.92 Å². The SMILES string of the molecule is CCCCCCCC.CCOC(C)=O. The lowest BCUT2D eigenvalue weighted by molar-refractivity contribution is -0.140. The lowest BCUT2D eigenvalue weighted by Gasteiger charge is -1.93. The Morgan fingerprint density at radius 1 is 0.929 bits per heavy atom. The molecule has 2 nitrogen and oxygen atoms in total. The fourth-order valence-corrected chi connectivity index (χ4v) is 1.06. The molecule has 0 aromatic carbocycles. The van der Waals surface area contributed by atoms with Crippen LogP contribution < -0.4 is 0 Å². The molecule has 0 unspecified atom stereocenters. The number of rotatable bonds is 6. The van der Waals surface area contributed by atoms with Crippen molar-refractivity contribution in [3.8, 4) is 0 Å². The Morgan fingerprint density at radius 3 is 1.50 bits per heavy atom. The van der Waals surface area contributed by atoms with Gasteiger partial charge in [0, 0.05) is 6.92 Å². The fraction of sp³-hybridized carbons (Fsp3) is 0.917. The maximum absolute atomic E-state index is 9.82. The third-order valence-electron chi connectivity index (χ3n) is 1.80. The van der Waals surface area contributed by atoms with Gasteiger partial charge < -0.3 is 4.74 Å². The molecular weight excluding hydrogens is 176 g/mol. The maximum atomic E-state index is 9.82. The minimum absolute atomic E-state index is 0.211. The average molecular weight is 202 g/mol. The van der Waals surface area contributed by atoms with Crippen LogP contribution in [0.25, 0.3) is 0 Å². The third kappa shape index (κ3) is 22.5. The van der Waals surface area contributed by atoms with Gasteiger partial charge in [-0.15, -0.1) is 0 Å². The van der Waals surface area contributed by atoms with Gasteiger partial charge in [0.05, 0.1) is 6.61 Å². The van der Waals surface area contributed by atoms with Gasteiger partial charge in [-0.1, -0.05) is 52.4 Å². The van der Waals surface area contributed by atoms with Crippen LogP contribution in [0.3, 0.4) is 0 Å². The van der Waals surface area contributed by atoms with E-state index in [0.29, 0.717) is 6.61 Å². The Bertz CT molecular complexity index is 105. The first-order valence-electron chi connectivity index (χ1n) is 5.82. The van der Waals surface area contributed by atoms with E-state index in [2.05, 4.69) is 18.6 Å². The number of hydrogen-bond donors (Lipinski definition) is 0. The standard InChI is InChI=1S/C8H18.C4H8O2/c1-3-5-7-8-6-4-2;1-3-6-4(2)5/h3-8H2,1-2H3;3H2,1-2H3. The van der Waals surface area contributed by atoms with Crippen LogP contribution in [0, 0.1) is 0 Å². The van der Waals surface area contributed by atoms with Crippen LogP contribution in [0.5, 0.6) is 0 Å². The van der Waals surface area contributed by atoms with Crippen LogP contribution in [-0.4, -0.2) is 12.6 Å². The zero-order chi connectivity index (χ0) is 11.2. The smallest absolute Gasteiger partial charge is 0.302 e. The van der Waals surface area contributed by atoms with E-state index in [4.69, 9.17) is 0 Å². The largest absolute Gasteiger partial charge is 0.466 e. The van der Waals surface area contributed by atoms with E-state index in [9.17, 15) is 4.79 Å². The molecule has 0 amide bonds. The summed E-state index contributed by atoms with van der Waals surface area (Å²) in [7, 11) is 0. The number of hydrogen-bond acceptors (Lipinski definition) is 2. The second-order valence-electron chi connectivity index (χ2n) is 3.34. The minimum atomic E-state index is -0.211. The minimum Gasteiger partial charge on any atom is -0.466 e. The van der Waals surface area contributed by atoms with Crippen molar-refractivity contribution in [3.05, 3.63) is 0 Å². The Balaban J connectivity index is 0. The first kappa shape index (κ1) is 15.9. The molecule has 0 radical (unpaired) electrons. The van der Waals surface area contributed by atoms with Crippen LogP contribution in [0.15, 0.2) is 0 Å². The summed E-state index contributed by atoms with van der Waals surface area (Å²) >= 11 is 0. The van der Waals surface area contributed by atoms with Crippen molar-refractivity contribution in [3.63, 3.8) is 0 Å². The van der Waals surface area contributed by atoms with Crippen LogP contribution in [0.4, 0.5) is 0 Å². The van der Waals surface area contributed by atoms with Gasteiger partial charge >= 0.3 is 5.97 Å². The molecule has 2 heteroatoms. The summed E-state index contributed by atoms with van der Waals surface area (Å²) in [5.41, 5.74) is 0. The molecule has 0 fully saturated rings. The van der Waals surface area contributed by atoms with Gasteiger partial charge in [0.15, 0.2) is 0 Å². The third-order valence-corrected chi connectivity index (χ3v) is 1.80. The molecule has 14 heavy (non-hydrogen) atoms. The van der Waals surface area contributed by atoms with E-state index in [-0.39, 0.29) is 5.97 Å². The van der Waals surface area contributed by atoms with Crippen molar-refractivity contribution in [1.29, 1.82) is 0 Å². The van der Waals surface area contributed by atoms with Crippen LogP contribution >= 0.6 is 0 Å². The molecule has 0 rings (SSSR count). The Kier molecular flexibility index (Phi) is 17.0. The van der Waals surface area contributed by atoms with Crippen molar-refractivity contribution in [2.45, 2.75) is 66.2 Å². The highest BCUT2D eigenvalue weighted by Crippen LogP contribution is 2.03. The zero-order valence-corrected chi connectivity index (χ0v) is 10.3. The van der Waals surface area contributed by atoms with Gasteiger partial charge in [-0.25, -0.2) is 0 Å². The fourth-order valence-electron chi connectivity index (χ4n) is 1.06. The summed E-state index contributed by atoms with van der Waals surface area (Å²) in [6.45, 7) is 8.16. The first-order valence-corrected chi connectivity index (χ1v) is 5.82. The van der Waals surface area contributed by atoms with E-state index in [1.165, 1.54) is 45.4 Å². The van der Waals surface area contributed by atoms with Gasteiger partial charge in [-0.05, 0) is 6.92 Å². The Morgan fingerprint density at radius 2 is 1.36 bits per heavy atom. The maximum Gasteiger partial charge on any atom is 0.302 e. The van der Waals surface area contributed by atoms with Crippen molar-refractivity contribution in [2.75, 3.05) is 6.61 Å². The highest BCUT2D eigenvalue weighted by Gasteiger charge is 1.83. The molecule has 0 aliphatic carbocycles. The molecule has 86 valence electrons. The van der Waals surface area contributed by atoms with E-state index < -0.39 is 0 Å². The topological polar surface area (TPSA) is 26.3 Å². The summed E-state index contributed by atoms with van der Waals surface area (Å²) in [5.74, 6) is -0.211. The second kappa shape index (κ2) is 15.0. The molecular formula is C12H26O2. The van der Waals surface area contributed by atoms with Gasteiger partial charge in [0.1, 0.15) is 0 Å². The normalized spacial score (nSPS) is 8.86. The number of unbranched alkanes of at least 4 members (excludes halogenated alkanes) is 5. The molecule has 0 saturated carbocycles. The summed E-state index contributed by atoms with van der Waals surface area (Å²) in [6.07, 6.45) is 8.49. The molecule has 0 aliphatic rings. The predicted octanol–water partition coefficient (Wildman–Crippen LogP) is 3.94. The van der Waals surface area contributed by atoms with E-state index in [1.807, 2.05) is 0 Å². The van der Waals surface area contributed by atoms with Crippen molar-refractivity contribution >= 4 is 5.97 Å². The Labute approximate surface area is 89.0 Å². The van der Waals surface area contributed by atoms with Crippen LogP contribution in [0.1, 0.15) is 66.2 Å². The summed E-state index contributed by atoms with van der Waals surface area (Å²) in [5, 5.41) is 0. The molecule has 0 N–H and O–H groups in total. The lowest BCUT2D eigenvalue weighted by atomic mass is 10.1. The Hall–Kier alpha value is -0.530. The number of carbonyl (C=O) groups excluding carboxylic acids is 1. The molecule has 0 aromatic heterocycles. The highest BCUT2D eigenvalue weighted by atomic mass is 16.5. The first-order chi connectivity index (χ1) is 6.68. The van der Waals surface area contributed by atoms with Crippen molar-refractivity contribution in [2.24, 2.45) is 0 Å². The number of carbonyl (C=O) groups is 1. The highest BCUT2D eigenvalue weighted by molar-refractivity contribution is 5.65. The monoisotopic (exact) mass is 202 g/mol. The van der Waals surface area contributed by atoms with E-state index in [0.717, 1.165) is 0 Å². The molecule has 0 bridgehead atoms. The molecule has 0 spiro atoms. The summed E-state index contributed by atoms with van der Waals surface area (Å²) in [4.78, 5) is 9.82. The average Bonchev–Trinajstić information content (AvgIpc) is 2.13. The summed E-state index contributed by atoms with van der Waals surface area (Å²) in [6, 6.07) is 0. The molecule has 0 aliphatic heterocycles. The molecule has 0 aromatic rings. The summed E-state index contributed by atoms with van der Waals surface area (Å²) < 4.78 is 4.40. The van der Waals surface area contributed by atoms with Gasteiger partial charge in [0.25, 0.3) is 0 Å². The zero-order valence-electron chi connectivity index (χ0n) is 10.3. The molecule has 0 saturated heterocycles. The molecule has 0 heterocycles. The quantitative estimate of drug-likeness (QED) is 0.482. The number of esters is 1. The van der Waals surface area contributed by atoms with Crippen molar-refractivity contribution in [1.82, 2.24) is 0 Å². The van der Waals surface area contributed by atoms with Gasteiger partial charge in [-0.3, -0.25) is 4.79 Å². The lowest BCUT2D eigenvalue weighted by Crippen LogP contribution is -1.95. The predicted molar refractivity (Wildman–Crippen MR) is 61.4 cm³/mol. The van der Waals surface area contributed by atoms with E-state index >= 15 is 0 Å². The van der Waals surface area contributed by atoms with Gasteiger partial charge in [0.2, 0.25) is 0 Å². The number of ether oxygens (including phenoxy) is 1.